The van der Waals surface area contributed by atoms with Gasteiger partial charge in [0.15, 0.2) is 0 Å². The average Bonchev–Trinajstić information content (AvgIpc) is 2.67. The van der Waals surface area contributed by atoms with E-state index >= 15 is 0 Å². The lowest BCUT2D eigenvalue weighted by molar-refractivity contribution is 1.07. The van der Waals surface area contributed by atoms with Crippen LogP contribution in [0.1, 0.15) is 5.56 Å². The summed E-state index contributed by atoms with van der Waals surface area (Å²) in [5.74, 6) is 0. The Bertz CT molecular complexity index is 825. The second-order valence-electron chi connectivity index (χ2n) is 4.15. The van der Waals surface area contributed by atoms with Crippen molar-refractivity contribution in [2.45, 2.75) is 6.92 Å². The minimum absolute atomic E-state index is 0.371. The summed E-state index contributed by atoms with van der Waals surface area (Å²) in [6, 6.07) is 9.67. The van der Waals surface area contributed by atoms with Crippen molar-refractivity contribution in [3.8, 4) is 11.3 Å². The minimum atomic E-state index is -0.506. The fourth-order valence-electron chi connectivity index (χ4n) is 2.18. The summed E-state index contributed by atoms with van der Waals surface area (Å²) in [6.07, 6.45) is 0. The van der Waals surface area contributed by atoms with E-state index in [4.69, 9.17) is 0 Å². The zero-order chi connectivity index (χ0) is 12.7. The smallest absolute Gasteiger partial charge is 0.327 e. The topological polar surface area (TPSA) is 81.5 Å². The Kier molecular flexibility index (Phi) is 2.19. The maximum atomic E-state index is 11.8. The van der Waals surface area contributed by atoms with Crippen molar-refractivity contribution < 1.29 is 0 Å². The molecule has 0 fully saturated rings. The third-order valence-electron chi connectivity index (χ3n) is 3.01. The van der Waals surface area contributed by atoms with Crippen LogP contribution in [0.15, 0.2) is 39.9 Å². The van der Waals surface area contributed by atoms with Crippen molar-refractivity contribution in [2.24, 2.45) is 0 Å². The highest BCUT2D eigenvalue weighted by molar-refractivity contribution is 5.87. The highest BCUT2D eigenvalue weighted by Crippen LogP contribution is 2.25. The number of fused-ring (bicyclic) bond motifs is 1. The molecule has 1 aromatic carbocycles. The number of hydrogen-bond acceptors (Lipinski definition) is 2. The van der Waals surface area contributed by atoms with Crippen LogP contribution in [-0.4, -0.2) is 15.0 Å². The normalized spacial score (nSPS) is 10.9. The van der Waals surface area contributed by atoms with E-state index in [-0.39, 0.29) is 5.56 Å². The molecule has 0 bridgehead atoms. The van der Waals surface area contributed by atoms with Crippen LogP contribution in [0, 0.1) is 6.92 Å². The largest absolute Gasteiger partial charge is 0.340 e. The molecule has 0 saturated heterocycles. The SMILES string of the molecule is Cc1c(-c2ccccc2)[nH]c2[nH]c(=O)[nH]c(=O)c12. The summed E-state index contributed by atoms with van der Waals surface area (Å²) in [6.45, 7) is 1.86. The number of nitrogens with one attached hydrogen (secondary N) is 3. The highest BCUT2D eigenvalue weighted by atomic mass is 16.2. The highest BCUT2D eigenvalue weighted by Gasteiger charge is 2.12. The van der Waals surface area contributed by atoms with Crippen molar-refractivity contribution in [2.75, 3.05) is 0 Å². The van der Waals surface area contributed by atoms with Crippen molar-refractivity contribution in [3.05, 3.63) is 56.7 Å². The minimum Gasteiger partial charge on any atom is -0.340 e. The summed E-state index contributed by atoms with van der Waals surface area (Å²) < 4.78 is 0. The first-order chi connectivity index (χ1) is 8.66. The van der Waals surface area contributed by atoms with Crippen LogP contribution in [0.3, 0.4) is 0 Å². The monoisotopic (exact) mass is 241 g/mol. The van der Waals surface area contributed by atoms with Gasteiger partial charge in [-0.05, 0) is 18.1 Å². The first-order valence-electron chi connectivity index (χ1n) is 5.57. The van der Waals surface area contributed by atoms with Crippen molar-refractivity contribution in [3.63, 3.8) is 0 Å². The predicted octanol–water partition coefficient (Wildman–Crippen LogP) is 1.52. The van der Waals surface area contributed by atoms with Crippen LogP contribution in [0.4, 0.5) is 0 Å². The number of hydrogen-bond donors (Lipinski definition) is 3. The number of aromatic amines is 3. The summed E-state index contributed by atoms with van der Waals surface area (Å²) in [4.78, 5) is 30.9. The second kappa shape index (κ2) is 3.73. The molecule has 0 unspecified atom stereocenters. The lowest BCUT2D eigenvalue weighted by atomic mass is 10.1. The van der Waals surface area contributed by atoms with Gasteiger partial charge in [0, 0.05) is 0 Å². The van der Waals surface area contributed by atoms with Gasteiger partial charge in [0.1, 0.15) is 5.65 Å². The van der Waals surface area contributed by atoms with Crippen molar-refractivity contribution in [1.82, 2.24) is 15.0 Å². The van der Waals surface area contributed by atoms with Gasteiger partial charge in [-0.1, -0.05) is 30.3 Å². The summed E-state index contributed by atoms with van der Waals surface area (Å²) in [7, 11) is 0. The van der Waals surface area contributed by atoms with Crippen LogP contribution in [-0.2, 0) is 0 Å². The van der Waals surface area contributed by atoms with Gasteiger partial charge < -0.3 is 4.98 Å². The molecule has 5 heteroatoms. The molecule has 0 saturated carbocycles. The molecule has 90 valence electrons. The Labute approximate surface area is 102 Å². The summed E-state index contributed by atoms with van der Waals surface area (Å²) >= 11 is 0. The quantitative estimate of drug-likeness (QED) is 0.603. The van der Waals surface area contributed by atoms with E-state index < -0.39 is 5.69 Å². The zero-order valence-electron chi connectivity index (χ0n) is 9.70. The Morgan fingerprint density at radius 3 is 2.39 bits per heavy atom. The zero-order valence-corrected chi connectivity index (χ0v) is 9.70. The molecule has 2 heterocycles. The Balaban J connectivity index is 2.40. The number of benzene rings is 1. The molecule has 2 aromatic heterocycles. The van der Waals surface area contributed by atoms with Crippen molar-refractivity contribution in [1.29, 1.82) is 0 Å². The molecule has 0 spiro atoms. The molecule has 5 nitrogen and oxygen atoms in total. The first kappa shape index (κ1) is 10.6. The molecule has 0 aliphatic rings. The standard InChI is InChI=1S/C13H11N3O2/c1-7-9-11(15-13(18)16-12(9)17)14-10(7)8-5-3-2-4-6-8/h2-6H,1H3,(H3,14,15,16,17,18). The fourth-order valence-corrected chi connectivity index (χ4v) is 2.18. The third kappa shape index (κ3) is 1.48. The molecule has 3 aromatic rings. The molecule has 0 aliphatic carbocycles. The Morgan fingerprint density at radius 1 is 0.944 bits per heavy atom. The molecular weight excluding hydrogens is 230 g/mol. The maximum Gasteiger partial charge on any atom is 0.327 e. The van der Waals surface area contributed by atoms with Gasteiger partial charge in [-0.25, -0.2) is 4.79 Å². The predicted molar refractivity (Wildman–Crippen MR) is 69.7 cm³/mol. The fraction of sp³-hybridized carbons (Fsp3) is 0.0769. The van der Waals surface area contributed by atoms with E-state index in [0.717, 1.165) is 16.8 Å². The molecule has 3 rings (SSSR count). The van der Waals surface area contributed by atoms with Gasteiger partial charge in [-0.15, -0.1) is 0 Å². The summed E-state index contributed by atoms with van der Waals surface area (Å²) in [5.41, 5.74) is 2.23. The lowest BCUT2D eigenvalue weighted by Crippen LogP contribution is -2.21. The molecule has 0 amide bonds. The molecule has 0 radical (unpaired) electrons. The number of aryl methyl sites for hydroxylation is 1. The van der Waals surface area contributed by atoms with E-state index in [9.17, 15) is 9.59 Å². The third-order valence-corrected chi connectivity index (χ3v) is 3.01. The second-order valence-corrected chi connectivity index (χ2v) is 4.15. The van der Waals surface area contributed by atoms with Crippen LogP contribution in [0.25, 0.3) is 22.3 Å². The van der Waals surface area contributed by atoms with Gasteiger partial charge in [0.25, 0.3) is 5.56 Å². The molecule has 0 aliphatic heterocycles. The molecular formula is C13H11N3O2. The van der Waals surface area contributed by atoms with Gasteiger partial charge in [0.2, 0.25) is 0 Å². The molecule has 18 heavy (non-hydrogen) atoms. The van der Waals surface area contributed by atoms with Gasteiger partial charge in [0.05, 0.1) is 11.1 Å². The number of aromatic nitrogens is 3. The van der Waals surface area contributed by atoms with E-state index in [0.29, 0.717) is 11.0 Å². The average molecular weight is 241 g/mol. The van der Waals surface area contributed by atoms with Crippen LogP contribution in [0.2, 0.25) is 0 Å². The molecule has 3 N–H and O–H groups in total. The Hall–Kier alpha value is -2.56. The van der Waals surface area contributed by atoms with Gasteiger partial charge >= 0.3 is 5.69 Å². The van der Waals surface area contributed by atoms with E-state index in [1.807, 2.05) is 37.3 Å². The summed E-state index contributed by atoms with van der Waals surface area (Å²) in [5, 5.41) is 0.494. The number of H-pyrrole nitrogens is 3. The molecule has 0 atom stereocenters. The van der Waals surface area contributed by atoms with Crippen LogP contribution >= 0.6 is 0 Å². The van der Waals surface area contributed by atoms with Crippen molar-refractivity contribution >= 4 is 11.0 Å². The van der Waals surface area contributed by atoms with E-state index in [1.54, 1.807) is 0 Å². The van der Waals surface area contributed by atoms with Gasteiger partial charge in [-0.3, -0.25) is 14.8 Å². The number of rotatable bonds is 1. The maximum absolute atomic E-state index is 11.8. The van der Waals surface area contributed by atoms with E-state index in [1.165, 1.54) is 0 Å². The Morgan fingerprint density at radius 2 is 1.67 bits per heavy atom. The first-order valence-corrected chi connectivity index (χ1v) is 5.57. The van der Waals surface area contributed by atoms with E-state index in [2.05, 4.69) is 15.0 Å². The van der Waals surface area contributed by atoms with Crippen LogP contribution in [0.5, 0.6) is 0 Å². The van der Waals surface area contributed by atoms with Crippen LogP contribution < -0.4 is 11.2 Å². The lowest BCUT2D eigenvalue weighted by Gasteiger charge is -1.98. The van der Waals surface area contributed by atoms with Gasteiger partial charge in [-0.2, -0.15) is 0 Å².